The Bertz CT molecular complexity index is 673. The molecular weight excluding hydrogens is 340 g/mol. The molecule has 0 spiro atoms. The van der Waals surface area contributed by atoms with Crippen LogP contribution < -0.4 is 10.6 Å². The van der Waals surface area contributed by atoms with Gasteiger partial charge in [0.15, 0.2) is 5.96 Å². The van der Waals surface area contributed by atoms with Crippen molar-refractivity contribution in [2.24, 2.45) is 4.99 Å². The molecule has 0 atom stereocenters. The molecule has 2 aromatic carbocycles. The first-order valence-corrected chi connectivity index (χ1v) is 10.1. The highest BCUT2D eigenvalue weighted by molar-refractivity contribution is 7.99. The highest BCUT2D eigenvalue weighted by atomic mass is 32.2. The second-order valence-corrected chi connectivity index (χ2v) is 7.33. The van der Waals surface area contributed by atoms with Crippen molar-refractivity contribution in [2.75, 3.05) is 32.9 Å². The molecule has 26 heavy (non-hydrogen) atoms. The number of nitrogens with zero attached hydrogens (tertiary/aromatic N) is 2. The lowest BCUT2D eigenvalue weighted by Gasteiger charge is -2.15. The molecule has 0 heterocycles. The van der Waals surface area contributed by atoms with Gasteiger partial charge >= 0.3 is 0 Å². The van der Waals surface area contributed by atoms with Gasteiger partial charge in [-0.2, -0.15) is 0 Å². The quantitative estimate of drug-likeness (QED) is 0.306. The Morgan fingerprint density at radius 2 is 1.81 bits per heavy atom. The van der Waals surface area contributed by atoms with E-state index < -0.39 is 0 Å². The molecule has 0 amide bonds. The molecule has 0 radical (unpaired) electrons. The predicted molar refractivity (Wildman–Crippen MR) is 114 cm³/mol. The van der Waals surface area contributed by atoms with Gasteiger partial charge in [0.1, 0.15) is 0 Å². The molecule has 0 bridgehead atoms. The monoisotopic (exact) mass is 370 g/mol. The van der Waals surface area contributed by atoms with Crippen LogP contribution in [0.2, 0.25) is 0 Å². The Kier molecular flexibility index (Phi) is 9.07. The van der Waals surface area contributed by atoms with Crippen LogP contribution in [-0.2, 0) is 13.1 Å². The average molecular weight is 371 g/mol. The van der Waals surface area contributed by atoms with Crippen molar-refractivity contribution in [3.63, 3.8) is 0 Å². The van der Waals surface area contributed by atoms with E-state index in [2.05, 4.69) is 83.0 Å². The first-order chi connectivity index (χ1) is 12.7. The lowest BCUT2D eigenvalue weighted by molar-refractivity contribution is 0.345. The summed E-state index contributed by atoms with van der Waals surface area (Å²) in [7, 11) is 3.95. The van der Waals surface area contributed by atoms with Crippen LogP contribution in [0.1, 0.15) is 18.1 Å². The third-order valence-corrected chi connectivity index (χ3v) is 5.09. The Balaban J connectivity index is 1.73. The maximum atomic E-state index is 4.31. The number of benzene rings is 2. The molecule has 140 valence electrons. The second-order valence-electron chi connectivity index (χ2n) is 6.16. The minimum Gasteiger partial charge on any atom is -0.356 e. The lowest BCUT2D eigenvalue weighted by Crippen LogP contribution is -2.37. The van der Waals surface area contributed by atoms with Crippen molar-refractivity contribution in [1.29, 1.82) is 0 Å². The zero-order chi connectivity index (χ0) is 18.6. The summed E-state index contributed by atoms with van der Waals surface area (Å²) in [4.78, 5) is 7.91. The van der Waals surface area contributed by atoms with Crippen LogP contribution >= 0.6 is 11.8 Å². The van der Waals surface area contributed by atoms with Gasteiger partial charge in [0.05, 0.1) is 0 Å². The van der Waals surface area contributed by atoms with Crippen LogP contribution in [0.4, 0.5) is 0 Å². The van der Waals surface area contributed by atoms with E-state index in [0.717, 1.165) is 37.9 Å². The lowest BCUT2D eigenvalue weighted by atomic mass is 10.1. The zero-order valence-electron chi connectivity index (χ0n) is 16.0. The fourth-order valence-electron chi connectivity index (χ4n) is 2.52. The minimum atomic E-state index is 0.773. The summed E-state index contributed by atoms with van der Waals surface area (Å²) in [6.45, 7) is 5.86. The molecule has 0 fully saturated rings. The summed E-state index contributed by atoms with van der Waals surface area (Å²) >= 11 is 1.85. The van der Waals surface area contributed by atoms with Crippen molar-refractivity contribution >= 4 is 17.7 Å². The Morgan fingerprint density at radius 3 is 2.54 bits per heavy atom. The summed E-state index contributed by atoms with van der Waals surface area (Å²) in [5.41, 5.74) is 2.62. The van der Waals surface area contributed by atoms with Gasteiger partial charge in [0, 0.05) is 37.3 Å². The van der Waals surface area contributed by atoms with Gasteiger partial charge in [-0.1, -0.05) is 49.4 Å². The van der Waals surface area contributed by atoms with Crippen molar-refractivity contribution in [3.8, 4) is 0 Å². The Labute approximate surface area is 162 Å². The predicted octanol–water partition coefficient (Wildman–Crippen LogP) is 3.60. The number of hydrogen-bond acceptors (Lipinski definition) is 3. The van der Waals surface area contributed by atoms with Crippen LogP contribution in [0, 0.1) is 0 Å². The van der Waals surface area contributed by atoms with Crippen LogP contribution in [0.5, 0.6) is 0 Å². The average Bonchev–Trinajstić information content (AvgIpc) is 2.68. The van der Waals surface area contributed by atoms with Gasteiger partial charge in [-0.3, -0.25) is 4.99 Å². The third-order valence-electron chi connectivity index (χ3n) is 4.07. The topological polar surface area (TPSA) is 39.7 Å². The zero-order valence-corrected chi connectivity index (χ0v) is 16.9. The fraction of sp³-hybridized carbons (Fsp3) is 0.381. The fourth-order valence-corrected chi connectivity index (χ4v) is 3.31. The summed E-state index contributed by atoms with van der Waals surface area (Å²) in [6.07, 6.45) is 0. The summed E-state index contributed by atoms with van der Waals surface area (Å²) in [5.74, 6) is 1.85. The van der Waals surface area contributed by atoms with Gasteiger partial charge < -0.3 is 15.5 Å². The van der Waals surface area contributed by atoms with Gasteiger partial charge in [0.25, 0.3) is 0 Å². The van der Waals surface area contributed by atoms with Crippen molar-refractivity contribution in [3.05, 3.63) is 65.7 Å². The number of rotatable bonds is 9. The molecule has 0 saturated heterocycles. The number of guanidine groups is 1. The van der Waals surface area contributed by atoms with E-state index in [1.807, 2.05) is 24.9 Å². The molecule has 4 nitrogen and oxygen atoms in total. The molecular formula is C21H30N4S. The van der Waals surface area contributed by atoms with Crippen LogP contribution in [0.25, 0.3) is 0 Å². The molecule has 5 heteroatoms. The van der Waals surface area contributed by atoms with Crippen LogP contribution in [0.15, 0.2) is 64.5 Å². The molecule has 0 aromatic heterocycles. The highest BCUT2D eigenvalue weighted by Gasteiger charge is 2.02. The maximum absolute atomic E-state index is 4.31. The van der Waals surface area contributed by atoms with Gasteiger partial charge in [-0.05, 0) is 36.9 Å². The number of aliphatic imine (C=N–C) groups is 1. The molecule has 0 aliphatic heterocycles. The van der Waals surface area contributed by atoms with E-state index in [1.165, 1.54) is 16.0 Å². The van der Waals surface area contributed by atoms with E-state index in [9.17, 15) is 0 Å². The molecule has 2 rings (SSSR count). The van der Waals surface area contributed by atoms with Crippen molar-refractivity contribution in [1.82, 2.24) is 15.5 Å². The minimum absolute atomic E-state index is 0.773. The van der Waals surface area contributed by atoms with Crippen molar-refractivity contribution in [2.45, 2.75) is 24.9 Å². The van der Waals surface area contributed by atoms with E-state index in [-0.39, 0.29) is 0 Å². The third kappa shape index (κ3) is 7.50. The van der Waals surface area contributed by atoms with E-state index in [4.69, 9.17) is 0 Å². The van der Waals surface area contributed by atoms with Crippen LogP contribution in [0.3, 0.4) is 0 Å². The largest absolute Gasteiger partial charge is 0.356 e. The Hall–Kier alpha value is -1.98. The second kappa shape index (κ2) is 11.6. The number of nitrogens with one attached hydrogen (secondary N) is 2. The SMILES string of the molecule is CCN(C)Cc1cccc(CNC(=NC)NCCSc2ccccc2)c1. The summed E-state index contributed by atoms with van der Waals surface area (Å²) in [6, 6.07) is 19.2. The molecule has 2 aromatic rings. The summed E-state index contributed by atoms with van der Waals surface area (Å²) in [5, 5.41) is 6.77. The first kappa shape index (κ1) is 20.3. The van der Waals surface area contributed by atoms with Gasteiger partial charge in [-0.25, -0.2) is 0 Å². The Morgan fingerprint density at radius 1 is 1.04 bits per heavy atom. The van der Waals surface area contributed by atoms with E-state index in [0.29, 0.717) is 0 Å². The molecule has 0 aliphatic rings. The van der Waals surface area contributed by atoms with Gasteiger partial charge in [-0.15, -0.1) is 11.8 Å². The van der Waals surface area contributed by atoms with Crippen molar-refractivity contribution < 1.29 is 0 Å². The normalized spacial score (nSPS) is 11.6. The maximum Gasteiger partial charge on any atom is 0.191 e. The van der Waals surface area contributed by atoms with Gasteiger partial charge in [0.2, 0.25) is 0 Å². The smallest absolute Gasteiger partial charge is 0.191 e. The molecule has 0 saturated carbocycles. The molecule has 2 N–H and O–H groups in total. The van der Waals surface area contributed by atoms with Crippen LogP contribution in [-0.4, -0.2) is 43.8 Å². The summed E-state index contributed by atoms with van der Waals surface area (Å²) < 4.78 is 0. The van der Waals surface area contributed by atoms with E-state index in [1.54, 1.807) is 0 Å². The standard InChI is InChI=1S/C21H30N4S/c1-4-25(3)17-19-10-8-9-18(15-19)16-24-21(22-2)23-13-14-26-20-11-6-5-7-12-20/h5-12,15H,4,13-14,16-17H2,1-3H3,(H2,22,23,24). The first-order valence-electron chi connectivity index (χ1n) is 9.10. The van der Waals surface area contributed by atoms with E-state index >= 15 is 0 Å². The number of thioether (sulfide) groups is 1. The molecule has 0 aliphatic carbocycles. The highest BCUT2D eigenvalue weighted by Crippen LogP contribution is 2.15. The number of hydrogen-bond donors (Lipinski definition) is 2. The molecule has 0 unspecified atom stereocenters.